The van der Waals surface area contributed by atoms with E-state index in [-0.39, 0.29) is 18.1 Å². The highest BCUT2D eigenvalue weighted by Crippen LogP contribution is 2.26. The highest BCUT2D eigenvalue weighted by molar-refractivity contribution is 5.87. The van der Waals surface area contributed by atoms with Crippen LogP contribution in [0.2, 0.25) is 0 Å². The van der Waals surface area contributed by atoms with Crippen molar-refractivity contribution in [3.8, 4) is 12.3 Å². The van der Waals surface area contributed by atoms with E-state index in [1.165, 1.54) is 11.1 Å². The fourth-order valence-electron chi connectivity index (χ4n) is 5.20. The molecule has 0 aromatic heterocycles. The molecule has 0 aromatic rings. The SMILES string of the molecule is C#CC(=O)OC(CCCCCC(=C)CC(C)CC1CC=CCO1)[C@H](/C=C/C1CC(C)=CCO1)CCC. The number of allylic oxidation sites excluding steroid dienone is 1. The van der Waals surface area contributed by atoms with Crippen LogP contribution in [0, 0.1) is 24.2 Å². The number of hydrogen-bond acceptors (Lipinski definition) is 4. The summed E-state index contributed by atoms with van der Waals surface area (Å²) in [7, 11) is 0. The van der Waals surface area contributed by atoms with Gasteiger partial charge in [-0.05, 0) is 70.6 Å². The minimum absolute atomic E-state index is 0.0906. The number of rotatable bonds is 16. The molecule has 2 heterocycles. The van der Waals surface area contributed by atoms with E-state index < -0.39 is 5.97 Å². The Bertz CT molecular complexity index is 799. The van der Waals surface area contributed by atoms with Crippen LogP contribution in [0.4, 0.5) is 0 Å². The molecule has 5 atom stereocenters. The molecule has 0 N–H and O–H groups in total. The Balaban J connectivity index is 1.77. The van der Waals surface area contributed by atoms with Crippen molar-refractivity contribution in [3.63, 3.8) is 0 Å². The molecule has 0 spiro atoms. The first-order valence-corrected chi connectivity index (χ1v) is 14.0. The third-order valence-electron chi connectivity index (χ3n) is 7.13. The van der Waals surface area contributed by atoms with Crippen molar-refractivity contribution in [2.75, 3.05) is 13.2 Å². The van der Waals surface area contributed by atoms with E-state index >= 15 is 0 Å². The molecule has 0 fully saturated rings. The van der Waals surface area contributed by atoms with E-state index in [9.17, 15) is 4.79 Å². The highest BCUT2D eigenvalue weighted by atomic mass is 16.5. The van der Waals surface area contributed by atoms with Gasteiger partial charge in [-0.2, -0.15) is 0 Å². The highest BCUT2D eigenvalue weighted by Gasteiger charge is 2.23. The Kier molecular flexibility index (Phi) is 14.5. The van der Waals surface area contributed by atoms with Crippen LogP contribution in [-0.2, 0) is 19.0 Å². The van der Waals surface area contributed by atoms with Crippen LogP contribution in [0.25, 0.3) is 0 Å². The second kappa shape index (κ2) is 17.4. The quantitative estimate of drug-likeness (QED) is 0.0729. The largest absolute Gasteiger partial charge is 0.452 e. The summed E-state index contributed by atoms with van der Waals surface area (Å²) in [4.78, 5) is 12.0. The summed E-state index contributed by atoms with van der Waals surface area (Å²) in [6.45, 7) is 12.3. The number of hydrogen-bond donors (Lipinski definition) is 0. The van der Waals surface area contributed by atoms with Gasteiger partial charge in [0.1, 0.15) is 6.10 Å². The second-order valence-corrected chi connectivity index (χ2v) is 10.6. The Labute approximate surface area is 220 Å². The van der Waals surface area contributed by atoms with E-state index in [0.717, 1.165) is 77.2 Å². The predicted octanol–water partition coefficient (Wildman–Crippen LogP) is 7.51. The third kappa shape index (κ3) is 12.2. The van der Waals surface area contributed by atoms with E-state index in [4.69, 9.17) is 20.6 Å². The maximum atomic E-state index is 12.0. The number of carbonyl (C=O) groups is 1. The lowest BCUT2D eigenvalue weighted by molar-refractivity contribution is -0.144. The molecule has 200 valence electrons. The first-order valence-electron chi connectivity index (χ1n) is 14.0. The fraction of sp³-hybridized carbons (Fsp3) is 0.656. The summed E-state index contributed by atoms with van der Waals surface area (Å²) in [6, 6.07) is 0. The number of ether oxygens (including phenoxy) is 3. The van der Waals surface area contributed by atoms with Gasteiger partial charge < -0.3 is 14.2 Å². The summed E-state index contributed by atoms with van der Waals surface area (Å²) >= 11 is 0. The molecule has 0 saturated carbocycles. The van der Waals surface area contributed by atoms with Gasteiger partial charge in [-0.1, -0.05) is 74.8 Å². The molecule has 36 heavy (non-hydrogen) atoms. The van der Waals surface area contributed by atoms with Gasteiger partial charge in [0.05, 0.1) is 25.4 Å². The van der Waals surface area contributed by atoms with E-state index in [1.54, 1.807) is 0 Å². The number of esters is 1. The van der Waals surface area contributed by atoms with Crippen molar-refractivity contribution in [2.24, 2.45) is 11.8 Å². The molecule has 0 amide bonds. The molecular weight excluding hydrogens is 448 g/mol. The molecular formula is C32H48O4. The molecule has 0 radical (unpaired) electrons. The van der Waals surface area contributed by atoms with E-state index in [2.05, 4.69) is 63.7 Å². The Morgan fingerprint density at radius 1 is 1.25 bits per heavy atom. The molecule has 2 rings (SSSR count). The average Bonchev–Trinajstić information content (AvgIpc) is 2.86. The first kappa shape index (κ1) is 30.1. The maximum Gasteiger partial charge on any atom is 0.384 e. The van der Waals surface area contributed by atoms with Gasteiger partial charge in [0.25, 0.3) is 0 Å². The first-order chi connectivity index (χ1) is 17.4. The standard InChI is InChI=1S/C32H48O4/c1-6-13-28(17-18-30-23-26(4)19-21-35-30)31(36-32(33)7-2)16-10-8-9-14-25(3)22-27(5)24-29-15-11-12-20-34-29/h2,11-12,17-19,27-31H,3,6,8-10,13-16,20-24H2,1,4-5H3/b18-17+/t27?,28-,29?,30?,31?/m0/s1. The second-order valence-electron chi connectivity index (χ2n) is 10.6. The van der Waals surface area contributed by atoms with Crippen molar-refractivity contribution in [2.45, 2.75) is 110 Å². The molecule has 2 aliphatic rings. The van der Waals surface area contributed by atoms with Gasteiger partial charge in [0.15, 0.2) is 0 Å². The lowest BCUT2D eigenvalue weighted by Crippen LogP contribution is -2.26. The van der Waals surface area contributed by atoms with Crippen LogP contribution in [-0.4, -0.2) is 37.5 Å². The minimum atomic E-state index is -0.568. The minimum Gasteiger partial charge on any atom is -0.452 e. The summed E-state index contributed by atoms with van der Waals surface area (Å²) in [5.41, 5.74) is 2.68. The van der Waals surface area contributed by atoms with Gasteiger partial charge in [-0.3, -0.25) is 0 Å². The zero-order chi connectivity index (χ0) is 26.2. The molecule has 0 saturated heterocycles. The number of carbonyl (C=O) groups excluding carboxylic acids is 1. The fourth-order valence-corrected chi connectivity index (χ4v) is 5.20. The van der Waals surface area contributed by atoms with Crippen LogP contribution in [0.5, 0.6) is 0 Å². The third-order valence-corrected chi connectivity index (χ3v) is 7.13. The lowest BCUT2D eigenvalue weighted by atomic mass is 9.90. The van der Waals surface area contributed by atoms with Crippen LogP contribution in [0.1, 0.15) is 91.4 Å². The van der Waals surface area contributed by atoms with Gasteiger partial charge in [-0.15, -0.1) is 6.42 Å². The van der Waals surface area contributed by atoms with E-state index in [0.29, 0.717) is 18.6 Å². The molecule has 0 aromatic carbocycles. The van der Waals surface area contributed by atoms with Crippen molar-refractivity contribution in [3.05, 3.63) is 48.1 Å². The van der Waals surface area contributed by atoms with Crippen LogP contribution in [0.15, 0.2) is 48.1 Å². The van der Waals surface area contributed by atoms with Crippen LogP contribution >= 0.6 is 0 Å². The van der Waals surface area contributed by atoms with Crippen LogP contribution in [0.3, 0.4) is 0 Å². The molecule has 0 bridgehead atoms. The summed E-state index contributed by atoms with van der Waals surface area (Å²) in [5, 5.41) is 0. The Hall–Kier alpha value is -2.09. The van der Waals surface area contributed by atoms with Gasteiger partial charge in [-0.25, -0.2) is 4.79 Å². The van der Waals surface area contributed by atoms with Gasteiger partial charge in [0, 0.05) is 11.8 Å². The molecule has 4 nitrogen and oxygen atoms in total. The van der Waals surface area contributed by atoms with Gasteiger partial charge >= 0.3 is 5.97 Å². The Morgan fingerprint density at radius 3 is 2.78 bits per heavy atom. The van der Waals surface area contributed by atoms with Gasteiger partial charge in [0.2, 0.25) is 0 Å². The topological polar surface area (TPSA) is 44.8 Å². The normalized spacial score (nSPS) is 22.4. The smallest absolute Gasteiger partial charge is 0.384 e. The van der Waals surface area contributed by atoms with E-state index in [1.807, 2.05) is 0 Å². The summed E-state index contributed by atoms with van der Waals surface area (Å²) in [5.74, 6) is 2.30. The molecule has 4 unspecified atom stereocenters. The zero-order valence-electron chi connectivity index (χ0n) is 22.9. The predicted molar refractivity (Wildman–Crippen MR) is 148 cm³/mol. The van der Waals surface area contributed by atoms with Crippen LogP contribution < -0.4 is 0 Å². The van der Waals surface area contributed by atoms with Crippen molar-refractivity contribution < 1.29 is 19.0 Å². The zero-order valence-corrected chi connectivity index (χ0v) is 22.9. The molecule has 0 aliphatic carbocycles. The van der Waals surface area contributed by atoms with Crippen molar-refractivity contribution in [1.82, 2.24) is 0 Å². The lowest BCUT2D eigenvalue weighted by Gasteiger charge is -2.25. The van der Waals surface area contributed by atoms with Crippen molar-refractivity contribution in [1.29, 1.82) is 0 Å². The molecule has 4 heteroatoms. The monoisotopic (exact) mass is 496 g/mol. The Morgan fingerprint density at radius 2 is 2.08 bits per heavy atom. The summed E-state index contributed by atoms with van der Waals surface area (Å²) < 4.78 is 17.4. The maximum absolute atomic E-state index is 12.0. The summed E-state index contributed by atoms with van der Waals surface area (Å²) in [6.07, 6.45) is 27.5. The number of unbranched alkanes of at least 4 members (excludes halogenated alkanes) is 2. The van der Waals surface area contributed by atoms with Crippen molar-refractivity contribution >= 4 is 5.97 Å². The molecule has 2 aliphatic heterocycles. The average molecular weight is 497 g/mol. The number of terminal acetylenes is 1.